The molecule has 1 heterocycles. The van der Waals surface area contributed by atoms with Gasteiger partial charge in [-0.15, -0.1) is 0 Å². The number of halogens is 2. The van der Waals surface area contributed by atoms with E-state index in [9.17, 15) is 9.59 Å². The third kappa shape index (κ3) is 5.97. The van der Waals surface area contributed by atoms with Crippen molar-refractivity contribution in [3.8, 4) is 0 Å². The third-order valence-corrected chi connectivity index (χ3v) is 4.86. The van der Waals surface area contributed by atoms with Gasteiger partial charge in [0.1, 0.15) is 6.10 Å². The zero-order chi connectivity index (χ0) is 20.8. The average molecular weight is 427 g/mol. The number of carbonyl (C=O) groups is 2. The molecule has 28 heavy (non-hydrogen) atoms. The standard InChI is InChI=1S/C20H24Cl2N2O4/c1-5-27-20(26)11-18(14-8-15(21)10-16(22)9-14)28-19(25)7-6-17-12(2)23-24(4)13(17)3/h8-10,18H,5-7,11H2,1-4H3. The summed E-state index contributed by atoms with van der Waals surface area (Å²) < 4.78 is 12.4. The van der Waals surface area contributed by atoms with Crippen molar-refractivity contribution in [1.29, 1.82) is 0 Å². The Morgan fingerprint density at radius 3 is 2.32 bits per heavy atom. The maximum absolute atomic E-state index is 12.5. The molecule has 0 spiro atoms. The van der Waals surface area contributed by atoms with Crippen molar-refractivity contribution in [2.75, 3.05) is 6.61 Å². The van der Waals surface area contributed by atoms with Crippen LogP contribution in [0.3, 0.4) is 0 Å². The van der Waals surface area contributed by atoms with Gasteiger partial charge in [-0.1, -0.05) is 23.2 Å². The number of ether oxygens (including phenoxy) is 2. The highest BCUT2D eigenvalue weighted by atomic mass is 35.5. The van der Waals surface area contributed by atoms with E-state index in [0.29, 0.717) is 22.0 Å². The van der Waals surface area contributed by atoms with Crippen LogP contribution in [-0.4, -0.2) is 28.3 Å². The maximum atomic E-state index is 12.5. The van der Waals surface area contributed by atoms with Crippen LogP contribution in [0.2, 0.25) is 10.0 Å². The number of aryl methyl sites for hydroxylation is 2. The molecule has 6 nitrogen and oxygen atoms in total. The molecule has 0 bridgehead atoms. The third-order valence-electron chi connectivity index (χ3n) is 4.43. The number of hydrogen-bond donors (Lipinski definition) is 0. The molecule has 1 unspecified atom stereocenters. The Morgan fingerprint density at radius 1 is 1.14 bits per heavy atom. The van der Waals surface area contributed by atoms with Crippen LogP contribution in [0, 0.1) is 13.8 Å². The lowest BCUT2D eigenvalue weighted by molar-refractivity contribution is -0.155. The van der Waals surface area contributed by atoms with E-state index in [0.717, 1.165) is 17.0 Å². The molecule has 8 heteroatoms. The molecule has 0 saturated heterocycles. The number of carbonyl (C=O) groups excluding carboxylic acids is 2. The summed E-state index contributed by atoms with van der Waals surface area (Å²) in [7, 11) is 1.86. The van der Waals surface area contributed by atoms with Gasteiger partial charge in [0.2, 0.25) is 0 Å². The second-order valence-electron chi connectivity index (χ2n) is 6.46. The highest BCUT2D eigenvalue weighted by Gasteiger charge is 2.23. The molecule has 0 radical (unpaired) electrons. The predicted molar refractivity (Wildman–Crippen MR) is 108 cm³/mol. The average Bonchev–Trinajstić information content (AvgIpc) is 2.84. The molecule has 0 saturated carbocycles. The van der Waals surface area contributed by atoms with Crippen molar-refractivity contribution in [2.24, 2.45) is 7.05 Å². The number of esters is 2. The number of nitrogens with zero attached hydrogens (tertiary/aromatic N) is 2. The van der Waals surface area contributed by atoms with E-state index in [-0.39, 0.29) is 19.4 Å². The van der Waals surface area contributed by atoms with Gasteiger partial charge in [0.15, 0.2) is 0 Å². The van der Waals surface area contributed by atoms with Crippen molar-refractivity contribution >= 4 is 35.1 Å². The van der Waals surface area contributed by atoms with E-state index in [1.807, 2.05) is 20.9 Å². The molecule has 0 fully saturated rings. The van der Waals surface area contributed by atoms with Gasteiger partial charge >= 0.3 is 11.9 Å². The van der Waals surface area contributed by atoms with Gasteiger partial charge in [0, 0.05) is 29.2 Å². The van der Waals surface area contributed by atoms with Crippen molar-refractivity contribution in [3.05, 3.63) is 50.8 Å². The lowest BCUT2D eigenvalue weighted by Gasteiger charge is -2.18. The molecule has 1 atom stereocenters. The fourth-order valence-corrected chi connectivity index (χ4v) is 3.53. The summed E-state index contributed by atoms with van der Waals surface area (Å²) in [5, 5.41) is 5.14. The van der Waals surface area contributed by atoms with E-state index in [1.54, 1.807) is 29.8 Å². The Morgan fingerprint density at radius 2 is 1.79 bits per heavy atom. The molecule has 152 valence electrons. The van der Waals surface area contributed by atoms with Gasteiger partial charge in [-0.25, -0.2) is 0 Å². The van der Waals surface area contributed by atoms with E-state index in [1.165, 1.54) is 0 Å². The van der Waals surface area contributed by atoms with Gasteiger partial charge in [-0.2, -0.15) is 5.10 Å². The molecule has 0 amide bonds. The van der Waals surface area contributed by atoms with Crippen LogP contribution in [0.15, 0.2) is 18.2 Å². The summed E-state index contributed by atoms with van der Waals surface area (Å²) >= 11 is 12.1. The summed E-state index contributed by atoms with van der Waals surface area (Å²) in [5.41, 5.74) is 3.47. The molecule has 1 aromatic heterocycles. The van der Waals surface area contributed by atoms with Gasteiger partial charge in [-0.05, 0) is 56.5 Å². The quantitative estimate of drug-likeness (QED) is 0.580. The van der Waals surface area contributed by atoms with Crippen molar-refractivity contribution in [2.45, 2.75) is 46.1 Å². The van der Waals surface area contributed by atoms with Gasteiger partial charge in [-0.3, -0.25) is 14.3 Å². The number of aromatic nitrogens is 2. The van der Waals surface area contributed by atoms with Crippen LogP contribution < -0.4 is 0 Å². The Labute approximate surface area is 174 Å². The van der Waals surface area contributed by atoms with Crippen molar-refractivity contribution < 1.29 is 19.1 Å². The van der Waals surface area contributed by atoms with Crippen LogP contribution in [-0.2, 0) is 32.5 Å². The van der Waals surface area contributed by atoms with Crippen LogP contribution in [0.1, 0.15) is 48.4 Å². The van der Waals surface area contributed by atoms with E-state index >= 15 is 0 Å². The SMILES string of the molecule is CCOC(=O)CC(OC(=O)CCc1c(C)nn(C)c1C)c1cc(Cl)cc(Cl)c1. The van der Waals surface area contributed by atoms with Crippen LogP contribution in [0.4, 0.5) is 0 Å². The fraction of sp³-hybridized carbons (Fsp3) is 0.450. The first kappa shape index (κ1) is 22.2. The first-order chi connectivity index (χ1) is 13.2. The monoisotopic (exact) mass is 426 g/mol. The summed E-state index contributed by atoms with van der Waals surface area (Å²) in [6.45, 7) is 5.83. The number of rotatable bonds is 8. The van der Waals surface area contributed by atoms with Crippen molar-refractivity contribution in [3.63, 3.8) is 0 Å². The van der Waals surface area contributed by atoms with E-state index in [2.05, 4.69) is 5.10 Å². The Hall–Kier alpha value is -2.05. The minimum atomic E-state index is -0.821. The Kier molecular flexibility index (Phi) is 7.89. The van der Waals surface area contributed by atoms with E-state index in [4.69, 9.17) is 32.7 Å². The highest BCUT2D eigenvalue weighted by Crippen LogP contribution is 2.29. The summed E-state index contributed by atoms with van der Waals surface area (Å²) in [6.07, 6.45) is -0.256. The molecular formula is C20H24Cl2N2O4. The molecular weight excluding hydrogens is 403 g/mol. The minimum Gasteiger partial charge on any atom is -0.466 e. The lowest BCUT2D eigenvalue weighted by atomic mass is 10.1. The first-order valence-corrected chi connectivity index (χ1v) is 9.77. The first-order valence-electron chi connectivity index (χ1n) is 9.01. The Balaban J connectivity index is 2.12. The molecule has 0 N–H and O–H groups in total. The fourth-order valence-electron chi connectivity index (χ4n) is 2.98. The summed E-state index contributed by atoms with van der Waals surface area (Å²) in [6, 6.07) is 4.82. The van der Waals surface area contributed by atoms with Gasteiger partial charge in [0.05, 0.1) is 18.7 Å². The smallest absolute Gasteiger partial charge is 0.309 e. The molecule has 0 aliphatic heterocycles. The van der Waals surface area contributed by atoms with Crippen LogP contribution in [0.25, 0.3) is 0 Å². The summed E-state index contributed by atoms with van der Waals surface area (Å²) in [5.74, 6) is -0.886. The normalized spacial score (nSPS) is 11.9. The zero-order valence-corrected chi connectivity index (χ0v) is 17.9. The van der Waals surface area contributed by atoms with Gasteiger partial charge in [0.25, 0.3) is 0 Å². The zero-order valence-electron chi connectivity index (χ0n) is 16.4. The summed E-state index contributed by atoms with van der Waals surface area (Å²) in [4.78, 5) is 24.4. The Bertz CT molecular complexity index is 844. The van der Waals surface area contributed by atoms with Crippen LogP contribution in [0.5, 0.6) is 0 Å². The van der Waals surface area contributed by atoms with Gasteiger partial charge < -0.3 is 9.47 Å². The lowest BCUT2D eigenvalue weighted by Crippen LogP contribution is -2.17. The topological polar surface area (TPSA) is 70.4 Å². The minimum absolute atomic E-state index is 0.110. The number of benzene rings is 1. The molecule has 1 aromatic carbocycles. The molecule has 2 aromatic rings. The van der Waals surface area contributed by atoms with E-state index < -0.39 is 18.0 Å². The van der Waals surface area contributed by atoms with Crippen molar-refractivity contribution in [1.82, 2.24) is 9.78 Å². The number of hydrogen-bond acceptors (Lipinski definition) is 5. The largest absolute Gasteiger partial charge is 0.466 e. The molecule has 0 aliphatic carbocycles. The maximum Gasteiger partial charge on any atom is 0.309 e. The highest BCUT2D eigenvalue weighted by molar-refractivity contribution is 6.34. The second-order valence-corrected chi connectivity index (χ2v) is 7.34. The van der Waals surface area contributed by atoms with Crippen LogP contribution >= 0.6 is 23.2 Å². The molecule has 2 rings (SSSR count). The molecule has 0 aliphatic rings. The predicted octanol–water partition coefficient (Wildman–Crippen LogP) is 4.51. The second kappa shape index (κ2) is 9.94.